The lowest BCUT2D eigenvalue weighted by Gasteiger charge is -2.10. The smallest absolute Gasteiger partial charge is 0.338 e. The highest BCUT2D eigenvalue weighted by Crippen LogP contribution is 2.27. The number of fused-ring (bicyclic) bond motifs is 2. The second-order valence-corrected chi connectivity index (χ2v) is 8.55. The van der Waals surface area contributed by atoms with Gasteiger partial charge in [0.05, 0.1) is 23.0 Å². The molecule has 2 aromatic carbocycles. The number of carbonyl (C=O) groups is 1. The number of carbonyl (C=O) groups excluding carboxylic acids is 1. The van der Waals surface area contributed by atoms with Crippen LogP contribution in [0, 0.1) is 11.7 Å². The van der Waals surface area contributed by atoms with Crippen LogP contribution in [-0.2, 0) is 11.3 Å². The monoisotopic (exact) mass is 408 g/mol. The van der Waals surface area contributed by atoms with Crippen LogP contribution in [0.3, 0.4) is 0 Å². The Kier molecular flexibility index (Phi) is 5.45. The van der Waals surface area contributed by atoms with Gasteiger partial charge in [0.1, 0.15) is 12.4 Å². The number of nitrogens with zero attached hydrogens (tertiary/aromatic N) is 1. The van der Waals surface area contributed by atoms with Gasteiger partial charge in [-0.1, -0.05) is 13.8 Å². The van der Waals surface area contributed by atoms with Crippen molar-refractivity contribution in [1.29, 1.82) is 0 Å². The van der Waals surface area contributed by atoms with E-state index in [2.05, 4.69) is 24.1 Å². The van der Waals surface area contributed by atoms with Crippen LogP contribution in [0.1, 0.15) is 29.1 Å². The molecule has 0 amide bonds. The Morgan fingerprint density at radius 1 is 1.14 bits per heavy atom. The lowest BCUT2D eigenvalue weighted by Crippen LogP contribution is -2.08. The Hall–Kier alpha value is -2.99. The highest BCUT2D eigenvalue weighted by molar-refractivity contribution is 7.19. The predicted molar refractivity (Wildman–Crippen MR) is 116 cm³/mol. The first kappa shape index (κ1) is 19.3. The highest BCUT2D eigenvalue weighted by atomic mass is 32.1. The molecule has 0 atom stereocenters. The molecule has 148 valence electrons. The summed E-state index contributed by atoms with van der Waals surface area (Å²) in [5.74, 6) is -0.139. The topological polar surface area (TPSA) is 51.2 Å². The molecule has 4 nitrogen and oxygen atoms in total. The maximum atomic E-state index is 13.3. The van der Waals surface area contributed by atoms with Crippen LogP contribution >= 0.6 is 11.3 Å². The van der Waals surface area contributed by atoms with Crippen molar-refractivity contribution in [3.63, 3.8) is 0 Å². The molecule has 0 aliphatic carbocycles. The van der Waals surface area contributed by atoms with Crippen molar-refractivity contribution < 1.29 is 13.9 Å². The third-order valence-corrected chi connectivity index (χ3v) is 5.60. The number of aromatic nitrogens is 1. The zero-order valence-electron chi connectivity index (χ0n) is 16.2. The number of esters is 1. The summed E-state index contributed by atoms with van der Waals surface area (Å²) >= 11 is 1.49. The number of hydrogen-bond acceptors (Lipinski definition) is 5. The number of nitrogens with one attached hydrogen (secondary N) is 1. The van der Waals surface area contributed by atoms with Gasteiger partial charge >= 0.3 is 5.97 Å². The predicted octanol–water partition coefficient (Wildman–Crippen LogP) is 6.01. The van der Waals surface area contributed by atoms with Crippen molar-refractivity contribution in [2.24, 2.45) is 5.92 Å². The lowest BCUT2D eigenvalue weighted by atomic mass is 10.1. The maximum Gasteiger partial charge on any atom is 0.338 e. The van der Waals surface area contributed by atoms with Gasteiger partial charge in [0.25, 0.3) is 0 Å². The third-order valence-electron chi connectivity index (χ3n) is 4.51. The Morgan fingerprint density at radius 2 is 2.00 bits per heavy atom. The van der Waals surface area contributed by atoms with Crippen LogP contribution in [0.4, 0.5) is 10.1 Å². The molecule has 0 bridgehead atoms. The maximum absolute atomic E-state index is 13.3. The second kappa shape index (κ2) is 8.17. The number of pyridine rings is 1. The van der Waals surface area contributed by atoms with Crippen LogP contribution in [0.15, 0.2) is 54.7 Å². The van der Waals surface area contributed by atoms with Crippen molar-refractivity contribution in [2.45, 2.75) is 20.5 Å². The van der Waals surface area contributed by atoms with Gasteiger partial charge in [0, 0.05) is 21.5 Å². The number of benzene rings is 2. The minimum absolute atomic E-state index is 0.159. The Bertz CT molecular complexity index is 1190. The molecule has 0 aliphatic rings. The third kappa shape index (κ3) is 4.54. The number of ether oxygens (including phenoxy) is 1. The summed E-state index contributed by atoms with van der Waals surface area (Å²) in [7, 11) is 0. The molecule has 0 aliphatic heterocycles. The summed E-state index contributed by atoms with van der Waals surface area (Å²) in [6, 6.07) is 13.8. The molecule has 0 radical (unpaired) electrons. The molecule has 6 heteroatoms. The summed E-state index contributed by atoms with van der Waals surface area (Å²) in [5.41, 5.74) is 2.23. The van der Waals surface area contributed by atoms with E-state index in [0.717, 1.165) is 38.1 Å². The molecule has 0 fully saturated rings. The largest absolute Gasteiger partial charge is 0.456 e. The van der Waals surface area contributed by atoms with E-state index in [9.17, 15) is 9.18 Å². The number of hydrogen-bond donors (Lipinski definition) is 1. The Morgan fingerprint density at radius 3 is 2.83 bits per heavy atom. The van der Waals surface area contributed by atoms with Crippen molar-refractivity contribution in [2.75, 3.05) is 11.9 Å². The summed E-state index contributed by atoms with van der Waals surface area (Å²) < 4.78 is 19.8. The molecule has 4 rings (SSSR count). The molecule has 4 aromatic rings. The van der Waals surface area contributed by atoms with Gasteiger partial charge in [-0.25, -0.2) is 9.18 Å². The fraction of sp³-hybridized carbons (Fsp3) is 0.217. The Balaban J connectivity index is 1.48. The average Bonchev–Trinajstić information content (AvgIpc) is 3.11. The van der Waals surface area contributed by atoms with Crippen LogP contribution < -0.4 is 5.32 Å². The lowest BCUT2D eigenvalue weighted by molar-refractivity contribution is 0.0477. The minimum atomic E-state index is -0.393. The van der Waals surface area contributed by atoms with E-state index < -0.39 is 5.97 Å². The molecule has 2 heterocycles. The number of rotatable bonds is 6. The Labute approximate surface area is 172 Å². The van der Waals surface area contributed by atoms with E-state index >= 15 is 0 Å². The fourth-order valence-electron chi connectivity index (χ4n) is 3.04. The van der Waals surface area contributed by atoms with Crippen molar-refractivity contribution in [3.05, 3.63) is 71.0 Å². The molecule has 0 saturated heterocycles. The van der Waals surface area contributed by atoms with Gasteiger partial charge in [-0.3, -0.25) is 4.98 Å². The van der Waals surface area contributed by atoms with E-state index in [4.69, 9.17) is 4.74 Å². The van der Waals surface area contributed by atoms with Gasteiger partial charge in [-0.05, 0) is 59.8 Å². The molecule has 0 spiro atoms. The van der Waals surface area contributed by atoms with E-state index in [0.29, 0.717) is 11.5 Å². The van der Waals surface area contributed by atoms with Gasteiger partial charge in [-0.2, -0.15) is 0 Å². The molecule has 0 unspecified atom stereocenters. The van der Waals surface area contributed by atoms with Crippen molar-refractivity contribution in [3.8, 4) is 0 Å². The summed E-state index contributed by atoms with van der Waals surface area (Å²) in [5, 5.41) is 5.04. The first-order chi connectivity index (χ1) is 14.0. The van der Waals surface area contributed by atoms with Gasteiger partial charge in [0.2, 0.25) is 0 Å². The van der Waals surface area contributed by atoms with Crippen LogP contribution in [0.5, 0.6) is 0 Å². The number of halogens is 1. The molecule has 29 heavy (non-hydrogen) atoms. The van der Waals surface area contributed by atoms with Gasteiger partial charge < -0.3 is 10.1 Å². The normalized spacial score (nSPS) is 11.3. The van der Waals surface area contributed by atoms with E-state index in [1.54, 1.807) is 24.4 Å². The number of thiophene rings is 1. The standard InChI is InChI=1S/C23H21FN2O2S/c1-14(2)11-25-19-9-16-7-15(3-5-21(16)26-12-19)23(27)28-13-20-10-17-8-18(24)4-6-22(17)29-20/h3-10,12,14,25H,11,13H2,1-2H3. The van der Waals surface area contributed by atoms with Crippen LogP contribution in [0.2, 0.25) is 0 Å². The van der Waals surface area contributed by atoms with Gasteiger partial charge in [-0.15, -0.1) is 11.3 Å². The van der Waals surface area contributed by atoms with Crippen molar-refractivity contribution in [1.82, 2.24) is 4.98 Å². The quantitative estimate of drug-likeness (QED) is 0.397. The fourth-order valence-corrected chi connectivity index (χ4v) is 4.00. The molecule has 2 aromatic heterocycles. The van der Waals surface area contributed by atoms with E-state index in [1.807, 2.05) is 18.2 Å². The minimum Gasteiger partial charge on any atom is -0.456 e. The first-order valence-corrected chi connectivity index (χ1v) is 10.3. The number of anilines is 1. The zero-order valence-corrected chi connectivity index (χ0v) is 17.1. The molecule has 0 saturated carbocycles. The SMILES string of the molecule is CC(C)CNc1cnc2ccc(C(=O)OCc3cc4cc(F)ccc4s3)cc2c1. The first-order valence-electron chi connectivity index (χ1n) is 9.47. The van der Waals surface area contributed by atoms with E-state index in [-0.39, 0.29) is 12.4 Å². The van der Waals surface area contributed by atoms with Crippen molar-refractivity contribution >= 4 is 44.0 Å². The van der Waals surface area contributed by atoms with Gasteiger partial charge in [0.15, 0.2) is 0 Å². The second-order valence-electron chi connectivity index (χ2n) is 7.38. The van der Waals surface area contributed by atoms with E-state index in [1.165, 1.54) is 23.5 Å². The highest BCUT2D eigenvalue weighted by Gasteiger charge is 2.11. The summed E-state index contributed by atoms with van der Waals surface area (Å²) in [6.45, 7) is 5.30. The summed E-state index contributed by atoms with van der Waals surface area (Å²) in [4.78, 5) is 17.8. The van der Waals surface area contributed by atoms with Crippen LogP contribution in [-0.4, -0.2) is 17.5 Å². The average molecular weight is 408 g/mol. The zero-order chi connectivity index (χ0) is 20.4. The van der Waals surface area contributed by atoms with Crippen LogP contribution in [0.25, 0.3) is 21.0 Å². The molecular weight excluding hydrogens is 387 g/mol. The summed E-state index contributed by atoms with van der Waals surface area (Å²) in [6.07, 6.45) is 1.80. The molecular formula is C23H21FN2O2S. The molecule has 1 N–H and O–H groups in total.